The third-order valence-corrected chi connectivity index (χ3v) is 12.5. The lowest BCUT2D eigenvalue weighted by molar-refractivity contribution is -0.151. The van der Waals surface area contributed by atoms with Gasteiger partial charge in [0.1, 0.15) is 12.2 Å². The summed E-state index contributed by atoms with van der Waals surface area (Å²) in [6.07, 6.45) is 45.9. The van der Waals surface area contributed by atoms with Gasteiger partial charge in [0.25, 0.3) is 0 Å². The van der Waals surface area contributed by atoms with Gasteiger partial charge in [-0.05, 0) is 77.0 Å². The molecule has 0 saturated carbocycles. The van der Waals surface area contributed by atoms with Crippen LogP contribution in [0, 0.1) is 0 Å². The fourth-order valence-corrected chi connectivity index (χ4v) is 8.34. The van der Waals surface area contributed by atoms with Crippen molar-refractivity contribution in [2.75, 3.05) is 13.2 Å². The molecule has 0 amide bonds. The highest BCUT2D eigenvalue weighted by molar-refractivity contribution is 5.70. The van der Waals surface area contributed by atoms with E-state index >= 15 is 0 Å². The molecule has 0 heterocycles. The molecule has 2 unspecified atom stereocenters. The topological polar surface area (TPSA) is 105 Å². The molecule has 8 nitrogen and oxygen atoms in total. The van der Waals surface area contributed by atoms with Crippen LogP contribution in [0.4, 0.5) is 0 Å². The molecule has 0 aliphatic heterocycles. The van der Waals surface area contributed by atoms with Gasteiger partial charge in [-0.25, -0.2) is 0 Å². The number of hydrogen-bond acceptors (Lipinski definition) is 8. The summed E-state index contributed by atoms with van der Waals surface area (Å²) in [6, 6.07) is 0. The number of carbonyl (C=O) groups is 4. The van der Waals surface area contributed by atoms with Crippen LogP contribution in [0.1, 0.15) is 304 Å². The Morgan fingerprint density at radius 1 is 0.270 bits per heavy atom. The van der Waals surface area contributed by atoms with Crippen LogP contribution < -0.4 is 0 Å². The Labute approximate surface area is 390 Å². The van der Waals surface area contributed by atoms with E-state index in [0.29, 0.717) is 45.3 Å². The second-order valence-corrected chi connectivity index (χ2v) is 18.8. The average Bonchev–Trinajstić information content (AvgIpc) is 3.27. The van der Waals surface area contributed by atoms with Crippen molar-refractivity contribution in [2.45, 2.75) is 316 Å². The maximum absolute atomic E-state index is 12.5. The zero-order valence-corrected chi connectivity index (χ0v) is 42.2. The fourth-order valence-electron chi connectivity index (χ4n) is 8.34. The van der Waals surface area contributed by atoms with Gasteiger partial charge in [-0.3, -0.25) is 19.2 Å². The van der Waals surface area contributed by atoms with E-state index in [0.717, 1.165) is 128 Å². The van der Waals surface area contributed by atoms with Crippen molar-refractivity contribution >= 4 is 23.9 Å². The molecule has 0 fully saturated rings. The van der Waals surface area contributed by atoms with Crippen LogP contribution in [0.15, 0.2) is 0 Å². The number of esters is 4. The van der Waals surface area contributed by atoms with Crippen molar-refractivity contribution in [3.8, 4) is 0 Å². The Bertz CT molecular complexity index is 1010. The summed E-state index contributed by atoms with van der Waals surface area (Å²) in [5.74, 6) is -0.324. The summed E-state index contributed by atoms with van der Waals surface area (Å²) in [7, 11) is 0. The summed E-state index contributed by atoms with van der Waals surface area (Å²) in [6.45, 7) is 9.48. The van der Waals surface area contributed by atoms with E-state index in [-0.39, 0.29) is 36.1 Å². The molecule has 63 heavy (non-hydrogen) atoms. The molecular formula is C55H104O8. The smallest absolute Gasteiger partial charge is 0.306 e. The Balaban J connectivity index is 3.79. The molecule has 0 rings (SSSR count). The second kappa shape index (κ2) is 49.3. The van der Waals surface area contributed by atoms with Gasteiger partial charge < -0.3 is 18.9 Å². The highest BCUT2D eigenvalue weighted by Crippen LogP contribution is 2.20. The van der Waals surface area contributed by atoms with Crippen LogP contribution in [0.25, 0.3) is 0 Å². The third-order valence-electron chi connectivity index (χ3n) is 12.5. The number of carbonyl (C=O) groups excluding carboxylic acids is 4. The summed E-state index contributed by atoms with van der Waals surface area (Å²) < 4.78 is 22.6. The molecule has 0 aromatic rings. The number of unbranched alkanes of at least 4 members (excludes halogenated alkanes) is 28. The third kappa shape index (κ3) is 46.2. The highest BCUT2D eigenvalue weighted by atomic mass is 16.6. The molecule has 0 saturated heterocycles. The minimum absolute atomic E-state index is 0.0116. The van der Waals surface area contributed by atoms with Crippen LogP contribution in [-0.2, 0) is 38.1 Å². The van der Waals surface area contributed by atoms with Gasteiger partial charge in [0.05, 0.1) is 13.2 Å². The standard InChI is InChI=1S/C55H104O8/c1-5-9-13-25-37-46-54(58)62-50(40-31-15-11-7-3)42-33-27-21-19-17-18-20-22-29-35-44-52(56)60-48-39-49-61-53(57)45-36-30-24-23-28-34-43-51(41-32-16-12-8-4)63-55(59)47-38-26-14-10-6-2/h50-51H,5-49H2,1-4H3. The Morgan fingerprint density at radius 2 is 0.492 bits per heavy atom. The Morgan fingerprint density at radius 3 is 0.778 bits per heavy atom. The van der Waals surface area contributed by atoms with Gasteiger partial charge in [-0.15, -0.1) is 0 Å². The maximum Gasteiger partial charge on any atom is 0.306 e. The first kappa shape index (κ1) is 60.9. The first-order valence-corrected chi connectivity index (χ1v) is 27.6. The summed E-state index contributed by atoms with van der Waals surface area (Å²) in [4.78, 5) is 49.2. The minimum Gasteiger partial charge on any atom is -0.466 e. The van der Waals surface area contributed by atoms with Crippen molar-refractivity contribution in [1.82, 2.24) is 0 Å². The van der Waals surface area contributed by atoms with E-state index in [1.165, 1.54) is 116 Å². The number of hydrogen-bond donors (Lipinski definition) is 0. The molecule has 8 heteroatoms. The molecule has 0 N–H and O–H groups in total. The van der Waals surface area contributed by atoms with E-state index in [2.05, 4.69) is 27.7 Å². The molecule has 0 aromatic heterocycles. The van der Waals surface area contributed by atoms with Gasteiger partial charge in [0.15, 0.2) is 0 Å². The summed E-state index contributed by atoms with van der Waals surface area (Å²) in [5.41, 5.74) is 0. The summed E-state index contributed by atoms with van der Waals surface area (Å²) in [5, 5.41) is 0. The number of rotatable bonds is 50. The van der Waals surface area contributed by atoms with E-state index in [4.69, 9.17) is 18.9 Å². The minimum atomic E-state index is -0.167. The van der Waals surface area contributed by atoms with Gasteiger partial charge in [-0.2, -0.15) is 0 Å². The largest absolute Gasteiger partial charge is 0.466 e. The van der Waals surface area contributed by atoms with Crippen molar-refractivity contribution in [3.05, 3.63) is 0 Å². The molecular weight excluding hydrogens is 789 g/mol. The van der Waals surface area contributed by atoms with Crippen LogP contribution >= 0.6 is 0 Å². The highest BCUT2D eigenvalue weighted by Gasteiger charge is 2.16. The zero-order valence-electron chi connectivity index (χ0n) is 42.2. The zero-order chi connectivity index (χ0) is 46.1. The van der Waals surface area contributed by atoms with Gasteiger partial charge in [-0.1, -0.05) is 195 Å². The molecule has 0 spiro atoms. The first-order chi connectivity index (χ1) is 30.9. The lowest BCUT2D eigenvalue weighted by Crippen LogP contribution is -2.18. The monoisotopic (exact) mass is 893 g/mol. The van der Waals surface area contributed by atoms with Crippen molar-refractivity contribution < 1.29 is 38.1 Å². The molecule has 0 aliphatic carbocycles. The van der Waals surface area contributed by atoms with Gasteiger partial charge in [0.2, 0.25) is 0 Å². The predicted molar refractivity (Wildman–Crippen MR) is 263 cm³/mol. The van der Waals surface area contributed by atoms with Crippen LogP contribution in [-0.4, -0.2) is 49.3 Å². The van der Waals surface area contributed by atoms with Gasteiger partial charge in [0, 0.05) is 32.1 Å². The molecule has 2 atom stereocenters. The van der Waals surface area contributed by atoms with Crippen molar-refractivity contribution in [3.63, 3.8) is 0 Å². The molecule has 0 aliphatic rings. The number of ether oxygens (including phenoxy) is 4. The van der Waals surface area contributed by atoms with Crippen molar-refractivity contribution in [2.24, 2.45) is 0 Å². The lowest BCUT2D eigenvalue weighted by Gasteiger charge is -2.18. The molecule has 0 bridgehead atoms. The van der Waals surface area contributed by atoms with E-state index in [1.807, 2.05) is 0 Å². The maximum atomic E-state index is 12.5. The van der Waals surface area contributed by atoms with Crippen molar-refractivity contribution in [1.29, 1.82) is 0 Å². The van der Waals surface area contributed by atoms with E-state index in [1.54, 1.807) is 0 Å². The Kier molecular flexibility index (Phi) is 47.7. The van der Waals surface area contributed by atoms with Crippen LogP contribution in [0.5, 0.6) is 0 Å². The summed E-state index contributed by atoms with van der Waals surface area (Å²) >= 11 is 0. The fraction of sp³-hybridized carbons (Fsp3) is 0.927. The molecule has 0 radical (unpaired) electrons. The van der Waals surface area contributed by atoms with E-state index < -0.39 is 0 Å². The van der Waals surface area contributed by atoms with Gasteiger partial charge >= 0.3 is 23.9 Å². The van der Waals surface area contributed by atoms with Crippen LogP contribution in [0.3, 0.4) is 0 Å². The molecule has 0 aromatic carbocycles. The SMILES string of the molecule is CCCCCCCC(=O)OC(CCCCCC)CCCCCCCCCCCCC(=O)OCCCOC(=O)CCCCCCCCC(CCCCCC)OC(=O)CCCCCCC. The molecule has 372 valence electrons. The predicted octanol–water partition coefficient (Wildman–Crippen LogP) is 16.8. The normalized spacial score (nSPS) is 12.3. The lowest BCUT2D eigenvalue weighted by atomic mass is 10.0. The quantitative estimate of drug-likeness (QED) is 0.0338. The Hall–Kier alpha value is -2.12. The first-order valence-electron chi connectivity index (χ1n) is 27.6. The van der Waals surface area contributed by atoms with Crippen LogP contribution in [0.2, 0.25) is 0 Å². The second-order valence-electron chi connectivity index (χ2n) is 18.8. The average molecular weight is 893 g/mol. The van der Waals surface area contributed by atoms with E-state index in [9.17, 15) is 19.2 Å².